The summed E-state index contributed by atoms with van der Waals surface area (Å²) >= 11 is 0. The molecule has 8 aromatic rings. The SMILES string of the molecule is c1ccc(N(c2ccccc2)c2ccccc2-c2ccc3c(c2)N(c2ccccc2)c2ccccc2C3(c2ccccc2)c2ccccc2)cc1. The summed E-state index contributed by atoms with van der Waals surface area (Å²) in [6.45, 7) is 0. The number of benzene rings is 8. The van der Waals surface area contributed by atoms with Crippen molar-refractivity contribution in [1.29, 1.82) is 0 Å². The zero-order valence-electron chi connectivity index (χ0n) is 28.2. The third kappa shape index (κ3) is 5.12. The van der Waals surface area contributed by atoms with Crippen LogP contribution in [0.1, 0.15) is 22.3 Å². The highest BCUT2D eigenvalue weighted by atomic mass is 15.2. The van der Waals surface area contributed by atoms with E-state index >= 15 is 0 Å². The zero-order valence-corrected chi connectivity index (χ0v) is 28.2. The topological polar surface area (TPSA) is 6.48 Å². The summed E-state index contributed by atoms with van der Waals surface area (Å²) in [6.07, 6.45) is 0. The maximum atomic E-state index is 2.45. The lowest BCUT2D eigenvalue weighted by molar-refractivity contribution is 0.731. The lowest BCUT2D eigenvalue weighted by Crippen LogP contribution is -2.37. The standard InChI is InChI=1S/C49H36N2/c1-6-20-38(21-7-1)49(39-22-8-2-9-23-39)44-31-17-19-33-47(44)51(42-28-14-5-15-29-42)48-36-37(34-35-45(48)49)43-30-16-18-32-46(43)50(40-24-10-3-11-25-40)41-26-12-4-13-27-41/h1-36H. The molecule has 0 radical (unpaired) electrons. The molecule has 1 aliphatic heterocycles. The van der Waals surface area contributed by atoms with Gasteiger partial charge in [-0.25, -0.2) is 0 Å². The van der Waals surface area contributed by atoms with Crippen molar-refractivity contribution in [1.82, 2.24) is 0 Å². The second-order valence-corrected chi connectivity index (χ2v) is 12.9. The van der Waals surface area contributed by atoms with E-state index in [4.69, 9.17) is 0 Å². The fourth-order valence-electron chi connectivity index (χ4n) is 7.98. The predicted molar refractivity (Wildman–Crippen MR) is 213 cm³/mol. The Hall–Kier alpha value is -6.64. The smallest absolute Gasteiger partial charge is 0.0742 e. The summed E-state index contributed by atoms with van der Waals surface area (Å²) < 4.78 is 0. The van der Waals surface area contributed by atoms with Crippen LogP contribution in [0.25, 0.3) is 11.1 Å². The van der Waals surface area contributed by atoms with Crippen molar-refractivity contribution in [3.8, 4) is 11.1 Å². The Bertz CT molecular complexity index is 2330. The first kappa shape index (κ1) is 30.4. The van der Waals surface area contributed by atoms with E-state index < -0.39 is 5.41 Å². The zero-order chi connectivity index (χ0) is 34.0. The van der Waals surface area contributed by atoms with E-state index in [1.807, 2.05) is 0 Å². The van der Waals surface area contributed by atoms with Gasteiger partial charge < -0.3 is 9.80 Å². The molecule has 0 bridgehead atoms. The average Bonchev–Trinajstić information content (AvgIpc) is 3.22. The molecule has 0 aromatic heterocycles. The molecule has 51 heavy (non-hydrogen) atoms. The molecule has 1 aliphatic rings. The fourth-order valence-corrected chi connectivity index (χ4v) is 7.98. The van der Waals surface area contributed by atoms with Gasteiger partial charge in [-0.15, -0.1) is 0 Å². The molecule has 0 unspecified atom stereocenters. The van der Waals surface area contributed by atoms with Gasteiger partial charge in [0.1, 0.15) is 0 Å². The number of nitrogens with zero attached hydrogens (tertiary/aromatic N) is 2. The molecule has 0 atom stereocenters. The van der Waals surface area contributed by atoms with Gasteiger partial charge in [-0.2, -0.15) is 0 Å². The number of hydrogen-bond donors (Lipinski definition) is 0. The van der Waals surface area contributed by atoms with E-state index in [-0.39, 0.29) is 0 Å². The van der Waals surface area contributed by atoms with Gasteiger partial charge in [0, 0.05) is 22.6 Å². The second kappa shape index (κ2) is 13.0. The van der Waals surface area contributed by atoms with Crippen molar-refractivity contribution in [3.63, 3.8) is 0 Å². The van der Waals surface area contributed by atoms with Gasteiger partial charge in [0.2, 0.25) is 0 Å². The molecular weight excluding hydrogens is 617 g/mol. The predicted octanol–water partition coefficient (Wildman–Crippen LogP) is 13.0. The van der Waals surface area contributed by atoms with Crippen LogP contribution in [-0.2, 0) is 5.41 Å². The Labute approximate surface area is 300 Å². The van der Waals surface area contributed by atoms with E-state index in [0.717, 1.165) is 39.6 Å². The Balaban J connectivity index is 1.34. The third-order valence-corrected chi connectivity index (χ3v) is 10.1. The number of fused-ring (bicyclic) bond motifs is 2. The van der Waals surface area contributed by atoms with Gasteiger partial charge in [0.15, 0.2) is 0 Å². The minimum Gasteiger partial charge on any atom is -0.310 e. The lowest BCUT2D eigenvalue weighted by atomic mass is 9.62. The molecule has 0 amide bonds. The van der Waals surface area contributed by atoms with Crippen LogP contribution in [0.2, 0.25) is 0 Å². The van der Waals surface area contributed by atoms with Crippen LogP contribution in [0.3, 0.4) is 0 Å². The van der Waals surface area contributed by atoms with Crippen LogP contribution in [-0.4, -0.2) is 0 Å². The van der Waals surface area contributed by atoms with Crippen LogP contribution >= 0.6 is 0 Å². The van der Waals surface area contributed by atoms with Crippen molar-refractivity contribution in [2.75, 3.05) is 9.80 Å². The van der Waals surface area contributed by atoms with Gasteiger partial charge in [-0.05, 0) is 82.4 Å². The normalized spacial score (nSPS) is 12.8. The first-order valence-electron chi connectivity index (χ1n) is 17.5. The summed E-state index contributed by atoms with van der Waals surface area (Å²) in [7, 11) is 0. The average molecular weight is 653 g/mol. The third-order valence-electron chi connectivity index (χ3n) is 10.1. The minimum atomic E-state index is -0.544. The van der Waals surface area contributed by atoms with E-state index in [1.165, 1.54) is 27.9 Å². The quantitative estimate of drug-likeness (QED) is 0.169. The van der Waals surface area contributed by atoms with Crippen molar-refractivity contribution in [2.45, 2.75) is 5.41 Å². The maximum Gasteiger partial charge on any atom is 0.0742 e. The minimum absolute atomic E-state index is 0.544. The Kier molecular flexibility index (Phi) is 7.75. The van der Waals surface area contributed by atoms with Crippen molar-refractivity contribution >= 4 is 34.1 Å². The second-order valence-electron chi connectivity index (χ2n) is 12.9. The summed E-state index contributed by atoms with van der Waals surface area (Å²) in [5.41, 5.74) is 13.5. The lowest BCUT2D eigenvalue weighted by Gasteiger charge is -2.46. The van der Waals surface area contributed by atoms with Crippen LogP contribution in [0, 0.1) is 0 Å². The first-order valence-corrected chi connectivity index (χ1v) is 17.5. The van der Waals surface area contributed by atoms with Crippen LogP contribution in [0.5, 0.6) is 0 Å². The Morgan fingerprint density at radius 3 is 1.45 bits per heavy atom. The summed E-state index contributed by atoms with van der Waals surface area (Å²) in [5.74, 6) is 0. The van der Waals surface area contributed by atoms with E-state index in [1.54, 1.807) is 0 Å². The molecule has 9 rings (SSSR count). The summed E-state index contributed by atoms with van der Waals surface area (Å²) in [4.78, 5) is 4.81. The first-order chi connectivity index (χ1) is 25.3. The van der Waals surface area contributed by atoms with Gasteiger partial charge in [-0.3, -0.25) is 0 Å². The van der Waals surface area contributed by atoms with Gasteiger partial charge in [0.05, 0.1) is 22.5 Å². The molecule has 0 saturated heterocycles. The van der Waals surface area contributed by atoms with E-state index in [0.29, 0.717) is 0 Å². The van der Waals surface area contributed by atoms with Gasteiger partial charge >= 0.3 is 0 Å². The number of anilines is 6. The van der Waals surface area contributed by atoms with Gasteiger partial charge in [0.25, 0.3) is 0 Å². The van der Waals surface area contributed by atoms with Crippen LogP contribution in [0.15, 0.2) is 218 Å². The highest BCUT2D eigenvalue weighted by Gasteiger charge is 2.46. The largest absolute Gasteiger partial charge is 0.310 e. The van der Waals surface area contributed by atoms with Crippen LogP contribution < -0.4 is 9.80 Å². The molecule has 0 N–H and O–H groups in total. The Morgan fingerprint density at radius 2 is 0.843 bits per heavy atom. The molecule has 0 aliphatic carbocycles. The van der Waals surface area contributed by atoms with Crippen molar-refractivity contribution in [2.24, 2.45) is 0 Å². The van der Waals surface area contributed by atoms with Crippen molar-refractivity contribution in [3.05, 3.63) is 241 Å². The summed E-state index contributed by atoms with van der Waals surface area (Å²) in [6, 6.07) is 78.9. The molecule has 8 aromatic carbocycles. The molecule has 1 heterocycles. The Morgan fingerprint density at radius 1 is 0.373 bits per heavy atom. The molecule has 0 spiro atoms. The molecule has 0 saturated carbocycles. The fraction of sp³-hybridized carbons (Fsp3) is 0.0204. The van der Waals surface area contributed by atoms with Crippen LogP contribution in [0.4, 0.5) is 34.1 Å². The van der Waals surface area contributed by atoms with E-state index in [2.05, 4.69) is 228 Å². The van der Waals surface area contributed by atoms with E-state index in [9.17, 15) is 0 Å². The maximum absolute atomic E-state index is 2.45. The number of hydrogen-bond acceptors (Lipinski definition) is 2. The monoisotopic (exact) mass is 652 g/mol. The summed E-state index contributed by atoms with van der Waals surface area (Å²) in [5, 5.41) is 0. The van der Waals surface area contributed by atoms with Crippen molar-refractivity contribution < 1.29 is 0 Å². The highest BCUT2D eigenvalue weighted by Crippen LogP contribution is 2.58. The molecule has 2 heteroatoms. The molecule has 242 valence electrons. The number of para-hydroxylation sites is 5. The molecule has 2 nitrogen and oxygen atoms in total. The number of rotatable bonds is 7. The highest BCUT2D eigenvalue weighted by molar-refractivity contribution is 5.94. The van der Waals surface area contributed by atoms with Gasteiger partial charge in [-0.1, -0.05) is 164 Å². The molecule has 0 fully saturated rings. The molecular formula is C49H36N2.